The number of hydrogen-bond donors (Lipinski definition) is 1. The minimum absolute atomic E-state index is 0.156. The number of nitrogens with zero attached hydrogens (tertiary/aromatic N) is 1. The van der Waals surface area contributed by atoms with E-state index in [2.05, 4.69) is 10.3 Å². The number of carbonyl (C=O) groups excluding carboxylic acids is 1. The molecule has 5 nitrogen and oxygen atoms in total. The quantitative estimate of drug-likeness (QED) is 0.522. The highest BCUT2D eigenvalue weighted by atomic mass is 32.1. The number of thiazole rings is 1. The Labute approximate surface area is 148 Å². The normalized spacial score (nSPS) is 10.8. The number of aromatic nitrogens is 1. The number of ether oxygens (including phenoxy) is 2. The molecular weight excluding hydrogens is 342 g/mol. The molecule has 0 fully saturated rings. The second-order valence-corrected chi connectivity index (χ2v) is 6.31. The molecule has 130 valence electrons. The first-order valence-electron chi connectivity index (χ1n) is 7.75. The smallest absolute Gasteiger partial charge is 0.221 e. The number of rotatable bonds is 6. The Balaban J connectivity index is 1.86. The van der Waals surface area contributed by atoms with E-state index in [0.29, 0.717) is 22.9 Å². The maximum Gasteiger partial charge on any atom is 0.221 e. The predicted molar refractivity (Wildman–Crippen MR) is 96.4 cm³/mol. The highest BCUT2D eigenvalue weighted by Gasteiger charge is 2.11. The van der Waals surface area contributed by atoms with Crippen LogP contribution >= 0.6 is 11.3 Å². The van der Waals surface area contributed by atoms with E-state index in [4.69, 9.17) is 9.47 Å². The third-order valence-corrected chi connectivity index (χ3v) is 4.47. The summed E-state index contributed by atoms with van der Waals surface area (Å²) in [5.41, 5.74) is 1.63. The zero-order chi connectivity index (χ0) is 17.8. The average molecular weight is 359 g/mol. The van der Waals surface area contributed by atoms with Gasteiger partial charge >= 0.3 is 0 Å². The third-order valence-electron chi connectivity index (χ3n) is 3.40. The molecule has 0 bridgehead atoms. The zero-order valence-electron chi connectivity index (χ0n) is 13.8. The lowest BCUT2D eigenvalue weighted by molar-refractivity contribution is -0.114. The van der Waals surface area contributed by atoms with Crippen molar-refractivity contribution in [1.82, 2.24) is 4.98 Å². The summed E-state index contributed by atoms with van der Waals surface area (Å²) in [5, 5.41) is 3.15. The fourth-order valence-corrected chi connectivity index (χ4v) is 3.24. The number of nitrogens with one attached hydrogen (secondary N) is 1. The Hall–Kier alpha value is -2.51. The standard InChI is InChI=1S/C18H17FN2O3S/c1-3-23-10-24-13-5-7-16-17(9-13)25-18(21-16)12-4-6-15(14(19)8-12)20-11(2)22/h4-9H,3,10H2,1-2H3,(H,20,22)/i19-1. The number of carbonyl (C=O) groups is 1. The second-order valence-electron chi connectivity index (χ2n) is 5.28. The molecule has 1 amide bonds. The maximum absolute atomic E-state index is 14.1. The van der Waals surface area contributed by atoms with E-state index in [-0.39, 0.29) is 18.4 Å². The molecule has 1 aromatic heterocycles. The Bertz CT molecular complexity index is 910. The molecule has 1 heterocycles. The first-order valence-corrected chi connectivity index (χ1v) is 8.57. The van der Waals surface area contributed by atoms with E-state index in [1.54, 1.807) is 6.07 Å². The van der Waals surface area contributed by atoms with Crippen LogP contribution in [0.4, 0.5) is 10.1 Å². The Morgan fingerprint density at radius 1 is 1.28 bits per heavy atom. The number of hydrogen-bond acceptors (Lipinski definition) is 5. The number of anilines is 1. The highest BCUT2D eigenvalue weighted by molar-refractivity contribution is 7.21. The minimum atomic E-state index is -0.493. The van der Waals surface area contributed by atoms with Crippen molar-refractivity contribution >= 4 is 33.1 Å². The van der Waals surface area contributed by atoms with Crippen LogP contribution in [-0.4, -0.2) is 24.3 Å². The Kier molecular flexibility index (Phi) is 5.25. The molecule has 0 saturated heterocycles. The molecule has 0 spiro atoms. The molecule has 3 rings (SSSR count). The van der Waals surface area contributed by atoms with Crippen LogP contribution in [-0.2, 0) is 9.53 Å². The van der Waals surface area contributed by atoms with Crippen LogP contribution in [0.25, 0.3) is 20.8 Å². The summed E-state index contributed by atoms with van der Waals surface area (Å²) >= 11 is 1.45. The SMILES string of the molecule is CCOCOc1ccc2nc(-c3ccc(NC(C)=O)c([18F])c3)sc2c1. The molecule has 2 aromatic carbocycles. The summed E-state index contributed by atoms with van der Waals surface area (Å²) in [6.45, 7) is 4.03. The van der Waals surface area contributed by atoms with Crippen LogP contribution in [0.1, 0.15) is 13.8 Å². The van der Waals surface area contributed by atoms with E-state index >= 15 is 0 Å². The van der Waals surface area contributed by atoms with E-state index in [1.807, 2.05) is 25.1 Å². The molecule has 25 heavy (non-hydrogen) atoms. The monoisotopic (exact) mass is 359 g/mol. The number of amides is 1. The van der Waals surface area contributed by atoms with Gasteiger partial charge in [0.15, 0.2) is 6.79 Å². The first-order chi connectivity index (χ1) is 12.1. The van der Waals surface area contributed by atoms with Crippen LogP contribution < -0.4 is 10.1 Å². The summed E-state index contributed by atoms with van der Waals surface area (Å²) in [6, 6.07) is 10.2. The molecule has 7 heteroatoms. The van der Waals surface area contributed by atoms with E-state index in [1.165, 1.54) is 30.4 Å². The summed E-state index contributed by atoms with van der Waals surface area (Å²) < 4.78 is 25.7. The minimum Gasteiger partial charge on any atom is -0.468 e. The van der Waals surface area contributed by atoms with Gasteiger partial charge in [0.05, 0.1) is 15.9 Å². The summed E-state index contributed by atoms with van der Waals surface area (Å²) in [6.07, 6.45) is 0. The van der Waals surface area contributed by atoms with Crippen molar-refractivity contribution in [1.29, 1.82) is 0 Å². The maximum atomic E-state index is 14.1. The van der Waals surface area contributed by atoms with Gasteiger partial charge in [-0.25, -0.2) is 9.37 Å². The van der Waals surface area contributed by atoms with E-state index in [0.717, 1.165) is 10.2 Å². The molecule has 3 aromatic rings. The third kappa shape index (κ3) is 4.12. The molecule has 1 N–H and O–H groups in total. The summed E-state index contributed by atoms with van der Waals surface area (Å²) in [7, 11) is 0. The Morgan fingerprint density at radius 2 is 2.12 bits per heavy atom. The lowest BCUT2D eigenvalue weighted by Crippen LogP contribution is -2.07. The lowest BCUT2D eigenvalue weighted by Gasteiger charge is -2.04. The molecule has 0 unspecified atom stereocenters. The van der Waals surface area contributed by atoms with E-state index < -0.39 is 5.82 Å². The van der Waals surface area contributed by atoms with Crippen LogP contribution in [0.2, 0.25) is 0 Å². The van der Waals surface area contributed by atoms with Gasteiger partial charge in [-0.3, -0.25) is 4.79 Å². The summed E-state index contributed by atoms with van der Waals surface area (Å²) in [5.74, 6) is -0.109. The number of halogens is 1. The molecule has 0 saturated carbocycles. The molecule has 0 aliphatic rings. The van der Waals surface area contributed by atoms with Crippen molar-refractivity contribution in [2.75, 3.05) is 18.7 Å². The van der Waals surface area contributed by atoms with Gasteiger partial charge in [-0.15, -0.1) is 11.3 Å². The largest absolute Gasteiger partial charge is 0.468 e. The van der Waals surface area contributed by atoms with E-state index in [9.17, 15) is 9.18 Å². The summed E-state index contributed by atoms with van der Waals surface area (Å²) in [4.78, 5) is 15.6. The van der Waals surface area contributed by atoms with Gasteiger partial charge in [0.2, 0.25) is 5.91 Å². The van der Waals surface area contributed by atoms with Gasteiger partial charge in [0.1, 0.15) is 16.6 Å². The number of fused-ring (bicyclic) bond motifs is 1. The van der Waals surface area contributed by atoms with Gasteiger partial charge in [0.25, 0.3) is 0 Å². The van der Waals surface area contributed by atoms with Crippen molar-refractivity contribution in [3.05, 3.63) is 42.2 Å². The molecule has 0 atom stereocenters. The van der Waals surface area contributed by atoms with Crippen LogP contribution in [0, 0.1) is 5.82 Å². The molecular formula is C18H17FN2O3S. The average Bonchev–Trinajstić information content (AvgIpc) is 3.00. The van der Waals surface area contributed by atoms with Gasteiger partial charge < -0.3 is 14.8 Å². The van der Waals surface area contributed by atoms with Crippen molar-refractivity contribution in [2.24, 2.45) is 0 Å². The van der Waals surface area contributed by atoms with Crippen molar-refractivity contribution in [2.45, 2.75) is 13.8 Å². The van der Waals surface area contributed by atoms with Crippen LogP contribution in [0.3, 0.4) is 0 Å². The number of benzene rings is 2. The van der Waals surface area contributed by atoms with Gasteiger partial charge in [0, 0.05) is 19.1 Å². The Morgan fingerprint density at radius 3 is 2.84 bits per heavy atom. The zero-order valence-corrected chi connectivity index (χ0v) is 14.7. The second kappa shape index (κ2) is 7.58. The van der Waals surface area contributed by atoms with Crippen molar-refractivity contribution in [3.8, 4) is 16.3 Å². The van der Waals surface area contributed by atoms with Gasteiger partial charge in [-0.2, -0.15) is 0 Å². The predicted octanol–water partition coefficient (Wildman–Crippen LogP) is 4.43. The highest BCUT2D eigenvalue weighted by Crippen LogP contribution is 2.33. The lowest BCUT2D eigenvalue weighted by atomic mass is 10.2. The molecule has 0 aliphatic heterocycles. The molecule has 0 aliphatic carbocycles. The van der Waals surface area contributed by atoms with Gasteiger partial charge in [-0.05, 0) is 43.3 Å². The topological polar surface area (TPSA) is 60.5 Å². The fraction of sp³-hybridized carbons (Fsp3) is 0.222. The first kappa shape index (κ1) is 17.3. The van der Waals surface area contributed by atoms with Crippen molar-refractivity contribution in [3.63, 3.8) is 0 Å². The molecule has 0 radical (unpaired) electrons. The van der Waals surface area contributed by atoms with Crippen LogP contribution in [0.15, 0.2) is 36.4 Å². The van der Waals surface area contributed by atoms with Crippen LogP contribution in [0.5, 0.6) is 5.75 Å². The van der Waals surface area contributed by atoms with Gasteiger partial charge in [-0.1, -0.05) is 0 Å². The van der Waals surface area contributed by atoms with Crippen molar-refractivity contribution < 1.29 is 18.7 Å². The fourth-order valence-electron chi connectivity index (χ4n) is 2.25.